The molecule has 0 bridgehead atoms. The minimum absolute atomic E-state index is 0. The van der Waals surface area contributed by atoms with Crippen molar-refractivity contribution in [2.45, 2.75) is 6.42 Å². The average Bonchev–Trinajstić information content (AvgIpc) is 1.94. The number of phenols is 1. The first-order chi connectivity index (χ1) is 4.84. The van der Waals surface area contributed by atoms with Crippen molar-refractivity contribution < 1.29 is 10.6 Å². The summed E-state index contributed by atoms with van der Waals surface area (Å²) in [5.41, 5.74) is 0.928. The monoisotopic (exact) mass is 152 g/mol. The molecular weight excluding hydrogens is 140 g/mol. The highest BCUT2D eigenvalue weighted by Gasteiger charge is 1.93. The molecule has 0 unspecified atom stereocenters. The highest BCUT2D eigenvalue weighted by Crippen LogP contribution is 2.15. The molecular formula is C9H12O2. The van der Waals surface area contributed by atoms with Crippen molar-refractivity contribution in [2.75, 3.05) is 0 Å². The smallest absolute Gasteiger partial charge is 0.119 e. The Kier molecular flexibility index (Phi) is 4.00. The van der Waals surface area contributed by atoms with Crippen LogP contribution in [-0.4, -0.2) is 10.6 Å². The van der Waals surface area contributed by atoms with E-state index in [9.17, 15) is 5.11 Å². The molecule has 2 heteroatoms. The van der Waals surface area contributed by atoms with Crippen molar-refractivity contribution in [3.8, 4) is 5.75 Å². The topological polar surface area (TPSA) is 51.7 Å². The number of hydrogen-bond donors (Lipinski definition) is 1. The van der Waals surface area contributed by atoms with Crippen LogP contribution in [0.25, 0.3) is 0 Å². The molecule has 1 aromatic carbocycles. The zero-order valence-electron chi connectivity index (χ0n) is 6.25. The molecule has 0 saturated carbocycles. The van der Waals surface area contributed by atoms with E-state index in [4.69, 9.17) is 0 Å². The van der Waals surface area contributed by atoms with Crippen LogP contribution in [0.1, 0.15) is 5.56 Å². The maximum absolute atomic E-state index is 9.19. The van der Waals surface area contributed by atoms with E-state index >= 15 is 0 Å². The SMILES string of the molecule is C=CCc1ccccc1O.O. The van der Waals surface area contributed by atoms with Crippen LogP contribution >= 0.6 is 0 Å². The molecule has 0 aliphatic carbocycles. The molecule has 1 rings (SSSR count). The summed E-state index contributed by atoms with van der Waals surface area (Å²) in [6, 6.07) is 7.27. The quantitative estimate of drug-likeness (QED) is 0.638. The van der Waals surface area contributed by atoms with Gasteiger partial charge >= 0.3 is 0 Å². The second-order valence-corrected chi connectivity index (χ2v) is 2.12. The third kappa shape index (κ3) is 2.43. The van der Waals surface area contributed by atoms with Gasteiger partial charge in [-0.2, -0.15) is 0 Å². The van der Waals surface area contributed by atoms with E-state index < -0.39 is 0 Å². The maximum Gasteiger partial charge on any atom is 0.119 e. The van der Waals surface area contributed by atoms with Crippen molar-refractivity contribution in [2.24, 2.45) is 0 Å². The van der Waals surface area contributed by atoms with Crippen molar-refractivity contribution in [1.29, 1.82) is 0 Å². The highest BCUT2D eigenvalue weighted by atomic mass is 16.3. The first-order valence-electron chi connectivity index (χ1n) is 3.22. The standard InChI is InChI=1S/C9H10O.H2O/c1-2-5-8-6-3-4-7-9(8)10;/h2-4,6-7,10H,1,5H2;1H2. The number of allylic oxidation sites excluding steroid dienone is 1. The molecule has 3 N–H and O–H groups in total. The molecule has 1 aromatic rings. The van der Waals surface area contributed by atoms with Gasteiger partial charge in [-0.1, -0.05) is 24.3 Å². The van der Waals surface area contributed by atoms with Gasteiger partial charge in [0.25, 0.3) is 0 Å². The number of para-hydroxylation sites is 1. The van der Waals surface area contributed by atoms with Crippen LogP contribution in [0.2, 0.25) is 0 Å². The van der Waals surface area contributed by atoms with Crippen LogP contribution in [0.3, 0.4) is 0 Å². The lowest BCUT2D eigenvalue weighted by molar-refractivity contribution is 0.470. The largest absolute Gasteiger partial charge is 0.508 e. The van der Waals surface area contributed by atoms with Crippen LogP contribution in [0.4, 0.5) is 0 Å². The fourth-order valence-electron chi connectivity index (χ4n) is 0.839. The summed E-state index contributed by atoms with van der Waals surface area (Å²) in [6.07, 6.45) is 2.50. The van der Waals surface area contributed by atoms with Gasteiger partial charge in [-0.3, -0.25) is 0 Å². The highest BCUT2D eigenvalue weighted by molar-refractivity contribution is 5.32. The second kappa shape index (κ2) is 4.52. The third-order valence-corrected chi connectivity index (χ3v) is 1.36. The number of phenolic OH excluding ortho intramolecular Hbond substituents is 1. The Morgan fingerprint density at radius 3 is 2.55 bits per heavy atom. The van der Waals surface area contributed by atoms with Gasteiger partial charge in [-0.25, -0.2) is 0 Å². The average molecular weight is 152 g/mol. The summed E-state index contributed by atoms with van der Waals surface area (Å²) in [6.45, 7) is 3.59. The van der Waals surface area contributed by atoms with Crippen molar-refractivity contribution in [3.63, 3.8) is 0 Å². The molecule has 11 heavy (non-hydrogen) atoms. The normalized spacial score (nSPS) is 8.36. The molecule has 0 aliphatic rings. The zero-order valence-corrected chi connectivity index (χ0v) is 6.25. The predicted octanol–water partition coefficient (Wildman–Crippen LogP) is 1.30. The predicted molar refractivity (Wildman–Crippen MR) is 45.6 cm³/mol. The molecule has 0 aliphatic heterocycles. The maximum atomic E-state index is 9.19. The summed E-state index contributed by atoms with van der Waals surface area (Å²) in [4.78, 5) is 0. The Hall–Kier alpha value is -1.28. The number of benzene rings is 1. The lowest BCUT2D eigenvalue weighted by Crippen LogP contribution is -1.79. The van der Waals surface area contributed by atoms with E-state index in [2.05, 4.69) is 6.58 Å². The molecule has 0 saturated heterocycles. The van der Waals surface area contributed by atoms with Crippen molar-refractivity contribution in [1.82, 2.24) is 0 Å². The van der Waals surface area contributed by atoms with E-state index in [1.165, 1.54) is 0 Å². The van der Waals surface area contributed by atoms with Gasteiger partial charge in [0.15, 0.2) is 0 Å². The van der Waals surface area contributed by atoms with E-state index in [1.54, 1.807) is 12.1 Å². The first-order valence-corrected chi connectivity index (χ1v) is 3.22. The van der Waals surface area contributed by atoms with E-state index in [0.29, 0.717) is 5.75 Å². The summed E-state index contributed by atoms with van der Waals surface area (Å²) < 4.78 is 0. The lowest BCUT2D eigenvalue weighted by Gasteiger charge is -1.97. The van der Waals surface area contributed by atoms with Gasteiger partial charge < -0.3 is 10.6 Å². The van der Waals surface area contributed by atoms with E-state index in [1.807, 2.05) is 18.2 Å². The van der Waals surface area contributed by atoms with Crippen LogP contribution in [-0.2, 0) is 6.42 Å². The summed E-state index contributed by atoms with van der Waals surface area (Å²) in [5.74, 6) is 0.349. The molecule has 0 heterocycles. The molecule has 0 aromatic heterocycles. The van der Waals surface area contributed by atoms with Crippen LogP contribution in [0.5, 0.6) is 5.75 Å². The molecule has 0 atom stereocenters. The molecule has 0 radical (unpaired) electrons. The Labute approximate surface area is 66.1 Å². The fourth-order valence-corrected chi connectivity index (χ4v) is 0.839. The van der Waals surface area contributed by atoms with E-state index in [-0.39, 0.29) is 5.48 Å². The minimum Gasteiger partial charge on any atom is -0.508 e. The molecule has 2 nitrogen and oxygen atoms in total. The van der Waals surface area contributed by atoms with Gasteiger partial charge in [-0.05, 0) is 18.1 Å². The lowest BCUT2D eigenvalue weighted by atomic mass is 10.1. The summed E-state index contributed by atoms with van der Waals surface area (Å²) >= 11 is 0. The Bertz CT molecular complexity index is 231. The third-order valence-electron chi connectivity index (χ3n) is 1.36. The molecule has 0 amide bonds. The first kappa shape index (κ1) is 9.72. The van der Waals surface area contributed by atoms with Crippen LogP contribution < -0.4 is 0 Å². The fraction of sp³-hybridized carbons (Fsp3) is 0.111. The summed E-state index contributed by atoms with van der Waals surface area (Å²) in [5, 5.41) is 9.19. The number of rotatable bonds is 2. The second-order valence-electron chi connectivity index (χ2n) is 2.12. The van der Waals surface area contributed by atoms with Crippen molar-refractivity contribution >= 4 is 0 Å². The van der Waals surface area contributed by atoms with Gasteiger partial charge in [-0.15, -0.1) is 6.58 Å². The zero-order chi connectivity index (χ0) is 7.40. The molecule has 0 fully saturated rings. The van der Waals surface area contributed by atoms with Gasteiger partial charge in [0, 0.05) is 0 Å². The summed E-state index contributed by atoms with van der Waals surface area (Å²) in [7, 11) is 0. The van der Waals surface area contributed by atoms with Crippen LogP contribution in [0.15, 0.2) is 36.9 Å². The Morgan fingerprint density at radius 2 is 2.00 bits per heavy atom. The van der Waals surface area contributed by atoms with Gasteiger partial charge in [0.2, 0.25) is 0 Å². The van der Waals surface area contributed by atoms with Gasteiger partial charge in [0.05, 0.1) is 0 Å². The Morgan fingerprint density at radius 1 is 1.36 bits per heavy atom. The minimum atomic E-state index is 0. The van der Waals surface area contributed by atoms with Crippen molar-refractivity contribution in [3.05, 3.63) is 42.5 Å². The molecule has 60 valence electrons. The van der Waals surface area contributed by atoms with Gasteiger partial charge in [0.1, 0.15) is 5.75 Å². The number of hydrogen-bond acceptors (Lipinski definition) is 1. The molecule has 0 spiro atoms. The number of aromatic hydroxyl groups is 1. The van der Waals surface area contributed by atoms with Crippen LogP contribution in [0, 0.1) is 0 Å². The van der Waals surface area contributed by atoms with E-state index in [0.717, 1.165) is 12.0 Å². The Balaban J connectivity index is 0.000001000.